The molecule has 0 aliphatic carbocycles. The fourth-order valence-corrected chi connectivity index (χ4v) is 2.19. The first-order valence-electron chi connectivity index (χ1n) is 6.43. The molecule has 1 unspecified atom stereocenters. The van der Waals surface area contributed by atoms with Crippen molar-refractivity contribution < 1.29 is 4.42 Å². The molecule has 0 aromatic carbocycles. The van der Waals surface area contributed by atoms with Gasteiger partial charge in [0, 0.05) is 50.9 Å². The van der Waals surface area contributed by atoms with Gasteiger partial charge in [0.05, 0.1) is 12.5 Å². The first kappa shape index (κ1) is 12.6. The minimum atomic E-state index is 0.427. The van der Waals surface area contributed by atoms with E-state index in [1.165, 1.54) is 18.7 Å². The van der Waals surface area contributed by atoms with E-state index in [0.29, 0.717) is 6.04 Å². The van der Waals surface area contributed by atoms with Crippen LogP contribution in [0, 0.1) is 0 Å². The molecule has 1 atom stereocenters. The smallest absolute Gasteiger partial charge is 0.0950 e. The summed E-state index contributed by atoms with van der Waals surface area (Å²) in [6.07, 6.45) is 3.59. The van der Waals surface area contributed by atoms with Gasteiger partial charge in [-0.2, -0.15) is 0 Å². The third-order valence-electron chi connectivity index (χ3n) is 3.67. The van der Waals surface area contributed by atoms with Gasteiger partial charge < -0.3 is 9.73 Å². The molecule has 1 fully saturated rings. The Kier molecular flexibility index (Phi) is 4.59. The summed E-state index contributed by atoms with van der Waals surface area (Å²) >= 11 is 0. The Morgan fingerprint density at radius 1 is 1.47 bits per heavy atom. The second-order valence-electron chi connectivity index (χ2n) is 4.80. The van der Waals surface area contributed by atoms with Gasteiger partial charge in [0.2, 0.25) is 0 Å². The average Bonchev–Trinajstić information content (AvgIpc) is 2.90. The molecule has 4 nitrogen and oxygen atoms in total. The molecule has 1 N–H and O–H groups in total. The van der Waals surface area contributed by atoms with Gasteiger partial charge in [-0.15, -0.1) is 0 Å². The van der Waals surface area contributed by atoms with Gasteiger partial charge >= 0.3 is 0 Å². The third kappa shape index (κ3) is 3.56. The molecular weight excluding hydrogens is 214 g/mol. The van der Waals surface area contributed by atoms with Crippen LogP contribution in [0.25, 0.3) is 0 Å². The number of piperazine rings is 1. The summed E-state index contributed by atoms with van der Waals surface area (Å²) in [5.41, 5.74) is 1.26. The summed E-state index contributed by atoms with van der Waals surface area (Å²) < 4.78 is 5.13. The van der Waals surface area contributed by atoms with Crippen molar-refractivity contribution in [2.24, 2.45) is 0 Å². The quantitative estimate of drug-likeness (QED) is 0.833. The number of furan rings is 1. The lowest BCUT2D eigenvalue weighted by molar-refractivity contribution is 0.183. The predicted molar refractivity (Wildman–Crippen MR) is 69.1 cm³/mol. The Hall–Kier alpha value is -0.840. The van der Waals surface area contributed by atoms with Crippen molar-refractivity contribution in [3.63, 3.8) is 0 Å². The van der Waals surface area contributed by atoms with Gasteiger partial charge in [-0.25, -0.2) is 0 Å². The lowest BCUT2D eigenvalue weighted by atomic mass is 10.1. The number of hydrogen-bond acceptors (Lipinski definition) is 4. The molecule has 0 amide bonds. The van der Waals surface area contributed by atoms with Crippen molar-refractivity contribution in [1.29, 1.82) is 0 Å². The van der Waals surface area contributed by atoms with E-state index in [4.69, 9.17) is 4.42 Å². The number of nitrogens with zero attached hydrogens (tertiary/aromatic N) is 2. The van der Waals surface area contributed by atoms with E-state index in [0.717, 1.165) is 26.2 Å². The van der Waals surface area contributed by atoms with Crippen molar-refractivity contribution >= 4 is 0 Å². The summed E-state index contributed by atoms with van der Waals surface area (Å²) in [7, 11) is 2.18. The topological polar surface area (TPSA) is 31.7 Å². The number of hydrogen-bond donors (Lipinski definition) is 1. The number of rotatable bonds is 5. The maximum atomic E-state index is 5.13. The molecule has 0 radical (unpaired) electrons. The van der Waals surface area contributed by atoms with Crippen molar-refractivity contribution in [1.82, 2.24) is 15.1 Å². The Labute approximate surface area is 104 Å². The zero-order chi connectivity index (χ0) is 12.1. The molecular formula is C13H23N3O. The maximum Gasteiger partial charge on any atom is 0.0950 e. The highest BCUT2D eigenvalue weighted by Gasteiger charge is 2.15. The van der Waals surface area contributed by atoms with Crippen LogP contribution < -0.4 is 5.32 Å². The van der Waals surface area contributed by atoms with Crippen LogP contribution >= 0.6 is 0 Å². The van der Waals surface area contributed by atoms with Crippen LogP contribution in [0.15, 0.2) is 23.0 Å². The van der Waals surface area contributed by atoms with Crippen molar-refractivity contribution in [2.45, 2.75) is 13.0 Å². The molecule has 4 heteroatoms. The van der Waals surface area contributed by atoms with Gasteiger partial charge in [-0.1, -0.05) is 0 Å². The molecule has 1 aromatic heterocycles. The van der Waals surface area contributed by atoms with Crippen LogP contribution in [0.5, 0.6) is 0 Å². The first-order valence-corrected chi connectivity index (χ1v) is 6.43. The molecule has 1 aromatic rings. The van der Waals surface area contributed by atoms with E-state index in [-0.39, 0.29) is 0 Å². The van der Waals surface area contributed by atoms with E-state index in [1.807, 2.05) is 12.3 Å². The summed E-state index contributed by atoms with van der Waals surface area (Å²) in [5.74, 6) is 0. The summed E-state index contributed by atoms with van der Waals surface area (Å²) in [6.45, 7) is 9.08. The molecule has 2 rings (SSSR count). The van der Waals surface area contributed by atoms with Crippen molar-refractivity contribution in [3.05, 3.63) is 24.2 Å². The average molecular weight is 237 g/mol. The van der Waals surface area contributed by atoms with E-state index in [1.54, 1.807) is 6.26 Å². The second kappa shape index (κ2) is 6.19. The molecule has 1 saturated heterocycles. The third-order valence-corrected chi connectivity index (χ3v) is 3.67. The minimum Gasteiger partial charge on any atom is -0.472 e. The molecule has 0 bridgehead atoms. The standard InChI is InChI=1S/C13H23N3O/c1-12(13-3-10-17-11-13)15(2)8-9-16-6-4-14-5-7-16/h3,10-12,14H,4-9H2,1-2H3. The molecule has 0 saturated carbocycles. The molecule has 1 aliphatic heterocycles. The fourth-order valence-electron chi connectivity index (χ4n) is 2.19. The van der Waals surface area contributed by atoms with E-state index >= 15 is 0 Å². The highest BCUT2D eigenvalue weighted by atomic mass is 16.3. The van der Waals surface area contributed by atoms with Crippen LogP contribution in [-0.2, 0) is 0 Å². The van der Waals surface area contributed by atoms with Gasteiger partial charge in [-0.3, -0.25) is 9.80 Å². The molecule has 0 spiro atoms. The minimum absolute atomic E-state index is 0.427. The van der Waals surface area contributed by atoms with Crippen LogP contribution in [0.4, 0.5) is 0 Å². The highest BCUT2D eigenvalue weighted by molar-refractivity contribution is 5.10. The van der Waals surface area contributed by atoms with Gasteiger partial charge in [0.25, 0.3) is 0 Å². The zero-order valence-corrected chi connectivity index (χ0v) is 10.9. The van der Waals surface area contributed by atoms with Crippen LogP contribution in [0.3, 0.4) is 0 Å². The second-order valence-corrected chi connectivity index (χ2v) is 4.80. The van der Waals surface area contributed by atoms with Crippen molar-refractivity contribution in [3.8, 4) is 0 Å². The Morgan fingerprint density at radius 2 is 2.24 bits per heavy atom. The predicted octanol–water partition coefficient (Wildman–Crippen LogP) is 1.18. The van der Waals surface area contributed by atoms with Gasteiger partial charge in [0.15, 0.2) is 0 Å². The van der Waals surface area contributed by atoms with Crippen molar-refractivity contribution in [2.75, 3.05) is 46.3 Å². The summed E-state index contributed by atoms with van der Waals surface area (Å²) in [5, 5.41) is 3.38. The fraction of sp³-hybridized carbons (Fsp3) is 0.692. The van der Waals surface area contributed by atoms with E-state index in [9.17, 15) is 0 Å². The van der Waals surface area contributed by atoms with Crippen LogP contribution in [0.1, 0.15) is 18.5 Å². The lowest BCUT2D eigenvalue weighted by Crippen LogP contribution is -2.46. The molecule has 2 heterocycles. The van der Waals surface area contributed by atoms with Crippen LogP contribution in [-0.4, -0.2) is 56.1 Å². The SMILES string of the molecule is CC(c1ccoc1)N(C)CCN1CCNCC1. The first-order chi connectivity index (χ1) is 8.27. The monoisotopic (exact) mass is 237 g/mol. The summed E-state index contributed by atoms with van der Waals surface area (Å²) in [4.78, 5) is 4.90. The van der Waals surface area contributed by atoms with Crippen LogP contribution in [0.2, 0.25) is 0 Å². The van der Waals surface area contributed by atoms with Gasteiger partial charge in [0.1, 0.15) is 0 Å². The van der Waals surface area contributed by atoms with E-state index < -0.39 is 0 Å². The maximum absolute atomic E-state index is 5.13. The number of nitrogens with one attached hydrogen (secondary N) is 1. The Balaban J connectivity index is 1.74. The zero-order valence-electron chi connectivity index (χ0n) is 10.9. The molecule has 1 aliphatic rings. The summed E-state index contributed by atoms with van der Waals surface area (Å²) in [6, 6.07) is 2.48. The highest BCUT2D eigenvalue weighted by Crippen LogP contribution is 2.18. The Bertz CT molecular complexity index is 306. The normalized spacial score (nSPS) is 19.7. The molecule has 17 heavy (non-hydrogen) atoms. The van der Waals surface area contributed by atoms with Gasteiger partial charge in [-0.05, 0) is 20.0 Å². The lowest BCUT2D eigenvalue weighted by Gasteiger charge is -2.31. The molecule has 96 valence electrons. The number of likely N-dealkylation sites (N-methyl/N-ethyl adjacent to an activating group) is 1. The van der Waals surface area contributed by atoms with E-state index in [2.05, 4.69) is 29.1 Å². The largest absolute Gasteiger partial charge is 0.472 e. The Morgan fingerprint density at radius 3 is 2.88 bits per heavy atom.